The maximum Gasteiger partial charge on any atom is 0.245 e. The molecule has 0 saturated carbocycles. The average Bonchev–Trinajstić information content (AvgIpc) is 3.61. The number of amides is 4. The minimum Gasteiger partial charge on any atom is -0.394 e. The van der Waals surface area contributed by atoms with Gasteiger partial charge in [0.25, 0.3) is 0 Å². The Labute approximate surface area is 328 Å². The zero-order chi connectivity index (χ0) is 42.5. The molecule has 0 aromatic rings. The smallest absolute Gasteiger partial charge is 0.245 e. The van der Waals surface area contributed by atoms with E-state index in [1.54, 1.807) is 30.8 Å². The molecule has 0 aromatic carbocycles. The van der Waals surface area contributed by atoms with Crippen molar-refractivity contribution in [1.82, 2.24) is 25.3 Å². The summed E-state index contributed by atoms with van der Waals surface area (Å²) in [4.78, 5) is 59.1. The lowest BCUT2D eigenvalue weighted by Crippen LogP contribution is -2.63. The fourth-order valence-electron chi connectivity index (χ4n) is 7.69. The summed E-state index contributed by atoms with van der Waals surface area (Å²) in [5.41, 5.74) is 4.06. The Hall–Kier alpha value is -2.48. The van der Waals surface area contributed by atoms with Crippen molar-refractivity contribution in [1.29, 1.82) is 0 Å². The molecule has 4 amide bonds. The van der Waals surface area contributed by atoms with Crippen molar-refractivity contribution in [3.05, 3.63) is 0 Å². The highest BCUT2D eigenvalue weighted by molar-refractivity contribution is 5.90. The molecule has 17 heteroatoms. The molecule has 1 aliphatic heterocycles. The monoisotopic (exact) mass is 791 g/mol. The summed E-state index contributed by atoms with van der Waals surface area (Å²) >= 11 is 0. The summed E-state index contributed by atoms with van der Waals surface area (Å²) < 4.78 is 11.5. The normalized spacial score (nSPS) is 21.2. The number of primary amides is 1. The first kappa shape index (κ1) is 50.5. The van der Waals surface area contributed by atoms with Crippen molar-refractivity contribution in [2.24, 2.45) is 23.5 Å². The van der Waals surface area contributed by atoms with E-state index in [1.807, 2.05) is 34.6 Å². The van der Waals surface area contributed by atoms with Crippen LogP contribution in [0.3, 0.4) is 0 Å². The summed E-state index contributed by atoms with van der Waals surface area (Å²) in [6.07, 6.45) is -3.90. The number of carbonyl (C=O) groups is 4. The largest absolute Gasteiger partial charge is 0.394 e. The molecule has 12 unspecified atom stereocenters. The molecule has 1 heterocycles. The van der Waals surface area contributed by atoms with Crippen molar-refractivity contribution >= 4 is 23.6 Å². The third-order valence-corrected chi connectivity index (χ3v) is 11.1. The van der Waals surface area contributed by atoms with Gasteiger partial charge in [-0.2, -0.15) is 0 Å². The molecule has 12 atom stereocenters. The third kappa shape index (κ3) is 14.1. The first-order valence-corrected chi connectivity index (χ1v) is 19.6. The first-order valence-electron chi connectivity index (χ1n) is 19.6. The summed E-state index contributed by atoms with van der Waals surface area (Å²) in [7, 11) is 6.26. The zero-order valence-corrected chi connectivity index (χ0v) is 35.3. The summed E-state index contributed by atoms with van der Waals surface area (Å²) in [5, 5.41) is 57.2. The van der Waals surface area contributed by atoms with Crippen LogP contribution >= 0.6 is 0 Å². The van der Waals surface area contributed by atoms with Crippen molar-refractivity contribution in [3.8, 4) is 0 Å². The summed E-state index contributed by atoms with van der Waals surface area (Å²) in [6.45, 7) is 13.5. The standard InChI is InChI=1S/C38H74N6O11/c1-13-22(5)31(42(9)19-24(41-38(7,8)53)32(48)33(49)27(46)20-45)36(51)40-30(21(3)4)37(52)43(10)25(14-2)28(54-11)18-29(47)44-17-15-16-26(44)34(55-12)23(6)35(39)50/h21-28,30-34,41,45-46,48-49,53H,13-20H2,1-12H3,(H2,39,50)(H,40,51). The Kier molecular flexibility index (Phi) is 21.2. The number of aliphatic hydroxyl groups is 5. The van der Waals surface area contributed by atoms with Crippen molar-refractivity contribution in [2.75, 3.05) is 48.0 Å². The van der Waals surface area contributed by atoms with Gasteiger partial charge in [-0.1, -0.05) is 48.0 Å². The van der Waals surface area contributed by atoms with E-state index in [9.17, 15) is 44.7 Å². The Morgan fingerprint density at radius 1 is 0.982 bits per heavy atom. The van der Waals surface area contributed by atoms with Crippen LogP contribution in [0.15, 0.2) is 0 Å². The van der Waals surface area contributed by atoms with Crippen LogP contribution in [-0.2, 0) is 28.7 Å². The van der Waals surface area contributed by atoms with Gasteiger partial charge in [0, 0.05) is 34.4 Å². The van der Waals surface area contributed by atoms with E-state index in [4.69, 9.17) is 15.2 Å². The molecule has 0 aliphatic carbocycles. The summed E-state index contributed by atoms with van der Waals surface area (Å²) in [5.74, 6) is -2.72. The number of ether oxygens (including phenoxy) is 2. The number of likely N-dealkylation sites (tertiary alicyclic amines) is 1. The van der Waals surface area contributed by atoms with Gasteiger partial charge in [0.1, 0.15) is 24.0 Å². The number of nitrogens with one attached hydrogen (secondary N) is 2. The molecule has 0 spiro atoms. The highest BCUT2D eigenvalue weighted by Crippen LogP contribution is 2.28. The third-order valence-electron chi connectivity index (χ3n) is 11.1. The Balaban J connectivity index is 3.31. The minimum absolute atomic E-state index is 0.0279. The summed E-state index contributed by atoms with van der Waals surface area (Å²) in [6, 6.07) is -3.72. The minimum atomic E-state index is -1.75. The Morgan fingerprint density at radius 2 is 1.58 bits per heavy atom. The number of methoxy groups -OCH3 is 2. The van der Waals surface area contributed by atoms with Gasteiger partial charge >= 0.3 is 0 Å². The fourth-order valence-corrected chi connectivity index (χ4v) is 7.69. The van der Waals surface area contributed by atoms with Gasteiger partial charge in [0.2, 0.25) is 23.6 Å². The number of aliphatic hydroxyl groups excluding tert-OH is 4. The van der Waals surface area contributed by atoms with Crippen LogP contribution in [0.1, 0.15) is 87.5 Å². The second-order valence-electron chi connectivity index (χ2n) is 16.1. The van der Waals surface area contributed by atoms with E-state index in [2.05, 4.69) is 10.6 Å². The van der Waals surface area contributed by atoms with Crippen LogP contribution in [0, 0.1) is 17.8 Å². The van der Waals surface area contributed by atoms with E-state index < -0.39 is 84.8 Å². The molecule has 0 aromatic heterocycles. The fraction of sp³-hybridized carbons (Fsp3) is 0.895. The maximum atomic E-state index is 14.3. The van der Waals surface area contributed by atoms with Crippen LogP contribution in [0.5, 0.6) is 0 Å². The number of hydrogen-bond donors (Lipinski definition) is 8. The van der Waals surface area contributed by atoms with Gasteiger partial charge in [-0.25, -0.2) is 0 Å². The second-order valence-corrected chi connectivity index (χ2v) is 16.1. The highest BCUT2D eigenvalue weighted by Gasteiger charge is 2.42. The van der Waals surface area contributed by atoms with Gasteiger partial charge in [-0.05, 0) is 52.0 Å². The molecule has 55 heavy (non-hydrogen) atoms. The van der Waals surface area contributed by atoms with Gasteiger partial charge in [0.15, 0.2) is 0 Å². The number of rotatable bonds is 25. The van der Waals surface area contributed by atoms with Crippen LogP contribution in [0.2, 0.25) is 0 Å². The number of nitrogens with zero attached hydrogens (tertiary/aromatic N) is 3. The van der Waals surface area contributed by atoms with Gasteiger partial charge in [0.05, 0.1) is 61.4 Å². The topological polar surface area (TPSA) is 248 Å². The van der Waals surface area contributed by atoms with Crippen LogP contribution < -0.4 is 16.4 Å². The van der Waals surface area contributed by atoms with E-state index in [-0.39, 0.29) is 42.7 Å². The molecule has 1 saturated heterocycles. The highest BCUT2D eigenvalue weighted by atomic mass is 16.5. The maximum absolute atomic E-state index is 14.3. The van der Waals surface area contributed by atoms with Crippen molar-refractivity contribution < 1.29 is 54.2 Å². The van der Waals surface area contributed by atoms with Gasteiger partial charge < -0.3 is 55.9 Å². The van der Waals surface area contributed by atoms with Crippen LogP contribution in [-0.4, -0.2) is 178 Å². The zero-order valence-electron chi connectivity index (χ0n) is 35.3. The second kappa shape index (κ2) is 23.1. The van der Waals surface area contributed by atoms with Crippen LogP contribution in [0.25, 0.3) is 0 Å². The Bertz CT molecular complexity index is 1210. The lowest BCUT2D eigenvalue weighted by Gasteiger charge is -2.40. The lowest BCUT2D eigenvalue weighted by atomic mass is 9.93. The van der Waals surface area contributed by atoms with E-state index in [1.165, 1.54) is 33.0 Å². The lowest BCUT2D eigenvalue weighted by molar-refractivity contribution is -0.146. The van der Waals surface area contributed by atoms with Crippen molar-refractivity contribution in [3.63, 3.8) is 0 Å². The molecule has 322 valence electrons. The van der Waals surface area contributed by atoms with E-state index in [0.717, 1.165) is 6.42 Å². The predicted octanol–water partition coefficient (Wildman–Crippen LogP) is -0.995. The Morgan fingerprint density at radius 3 is 2.04 bits per heavy atom. The number of hydrogen-bond acceptors (Lipinski definition) is 13. The number of nitrogens with two attached hydrogens (primary N) is 1. The average molecular weight is 791 g/mol. The van der Waals surface area contributed by atoms with Crippen LogP contribution in [0.4, 0.5) is 0 Å². The molecule has 1 rings (SSSR count). The molecule has 1 fully saturated rings. The molecular weight excluding hydrogens is 716 g/mol. The van der Waals surface area contributed by atoms with Crippen molar-refractivity contribution in [2.45, 2.75) is 154 Å². The van der Waals surface area contributed by atoms with Gasteiger partial charge in [-0.3, -0.25) is 29.4 Å². The van der Waals surface area contributed by atoms with E-state index in [0.29, 0.717) is 25.8 Å². The van der Waals surface area contributed by atoms with E-state index >= 15 is 0 Å². The predicted molar refractivity (Wildman–Crippen MR) is 207 cm³/mol. The quantitative estimate of drug-likeness (QED) is 0.0519. The molecule has 17 nitrogen and oxygen atoms in total. The molecule has 1 aliphatic rings. The molecule has 0 radical (unpaired) electrons. The molecule has 9 N–H and O–H groups in total. The van der Waals surface area contributed by atoms with Gasteiger partial charge in [-0.15, -0.1) is 0 Å². The SMILES string of the molecule is CCC(C)C(C(=O)NC(C(=O)N(C)C(CC)C(CC(=O)N1CCCC1C(OC)C(C)C(N)=O)OC)C(C)C)N(C)CC(NC(C)(C)O)C(O)C(O)C(O)CO. The number of likely N-dealkylation sites (N-methyl/N-ethyl adjacent to an activating group) is 2. The molecule has 0 bridgehead atoms. The first-order chi connectivity index (χ1) is 25.5. The molecular formula is C38H74N6O11. The number of carbonyl (C=O) groups excluding carboxylic acids is 4.